The fourth-order valence-corrected chi connectivity index (χ4v) is 3.31. The Labute approximate surface area is 164 Å². The molecule has 1 N–H and O–H groups in total. The summed E-state index contributed by atoms with van der Waals surface area (Å²) in [6.07, 6.45) is -1.03. The molecule has 1 fully saturated rings. The van der Waals surface area contributed by atoms with Gasteiger partial charge in [-0.2, -0.15) is 0 Å². The van der Waals surface area contributed by atoms with Gasteiger partial charge < -0.3 is 15.0 Å². The van der Waals surface area contributed by atoms with Crippen LogP contribution in [0.5, 0.6) is 5.75 Å². The summed E-state index contributed by atoms with van der Waals surface area (Å²) in [6, 6.07) is 10.1. The highest BCUT2D eigenvalue weighted by molar-refractivity contribution is 6.05. The van der Waals surface area contributed by atoms with Crippen LogP contribution < -0.4 is 15.0 Å². The maximum absolute atomic E-state index is 12.5. The highest BCUT2D eigenvalue weighted by Gasteiger charge is 2.31. The monoisotopic (exact) mass is 402 g/mol. The molecule has 4 rings (SSSR count). The molecule has 1 aliphatic heterocycles. The van der Waals surface area contributed by atoms with E-state index in [1.165, 1.54) is 18.5 Å². The van der Waals surface area contributed by atoms with Crippen molar-refractivity contribution in [3.63, 3.8) is 0 Å². The first-order chi connectivity index (χ1) is 13.9. The van der Waals surface area contributed by atoms with Crippen molar-refractivity contribution in [3.05, 3.63) is 54.4 Å². The van der Waals surface area contributed by atoms with E-state index in [4.69, 9.17) is 0 Å². The molecule has 0 saturated carbocycles. The van der Waals surface area contributed by atoms with Gasteiger partial charge >= 0.3 is 6.36 Å². The number of fused-ring (bicyclic) bond motifs is 1. The minimum atomic E-state index is -4.77. The van der Waals surface area contributed by atoms with Crippen LogP contribution in [0.1, 0.15) is 23.2 Å². The number of hydrogen-bond acceptors (Lipinski definition) is 5. The van der Waals surface area contributed by atoms with E-state index in [1.54, 1.807) is 12.1 Å². The van der Waals surface area contributed by atoms with Crippen LogP contribution in [0.15, 0.2) is 48.8 Å². The SMILES string of the molecule is O=C(Nc1ccc2ncnc(N3CCCC3)c2c1)c1ccc(OC(F)(F)F)cc1. The first-order valence-corrected chi connectivity index (χ1v) is 9.06. The predicted octanol–water partition coefficient (Wildman–Crippen LogP) is 4.38. The highest BCUT2D eigenvalue weighted by Crippen LogP contribution is 2.28. The molecule has 9 heteroatoms. The standard InChI is InChI=1S/C20H17F3N4O2/c21-20(22,23)29-15-6-3-13(4-7-15)19(28)26-14-5-8-17-16(11-14)18(25-12-24-17)27-9-1-2-10-27/h3-8,11-12H,1-2,9-10H2,(H,26,28). The third kappa shape index (κ3) is 4.39. The number of nitrogens with one attached hydrogen (secondary N) is 1. The number of ether oxygens (including phenoxy) is 1. The molecule has 1 aliphatic rings. The van der Waals surface area contributed by atoms with E-state index in [-0.39, 0.29) is 11.3 Å². The molecule has 1 amide bonds. The van der Waals surface area contributed by atoms with Gasteiger partial charge in [0, 0.05) is 29.7 Å². The Morgan fingerprint density at radius 3 is 2.45 bits per heavy atom. The van der Waals surface area contributed by atoms with Gasteiger partial charge in [0.25, 0.3) is 5.91 Å². The quantitative estimate of drug-likeness (QED) is 0.702. The van der Waals surface area contributed by atoms with Crippen molar-refractivity contribution in [2.45, 2.75) is 19.2 Å². The summed E-state index contributed by atoms with van der Waals surface area (Å²) in [7, 11) is 0. The first-order valence-electron chi connectivity index (χ1n) is 9.06. The number of nitrogens with zero attached hydrogens (tertiary/aromatic N) is 3. The van der Waals surface area contributed by atoms with Gasteiger partial charge in [0.15, 0.2) is 0 Å². The number of alkyl halides is 3. The van der Waals surface area contributed by atoms with Gasteiger partial charge in [-0.15, -0.1) is 13.2 Å². The van der Waals surface area contributed by atoms with Crippen LogP contribution in [0.3, 0.4) is 0 Å². The van der Waals surface area contributed by atoms with E-state index < -0.39 is 12.3 Å². The number of carbonyl (C=O) groups is 1. The Bertz CT molecular complexity index is 1030. The van der Waals surface area contributed by atoms with E-state index >= 15 is 0 Å². The average molecular weight is 402 g/mol. The summed E-state index contributed by atoms with van der Waals surface area (Å²) in [6.45, 7) is 1.85. The van der Waals surface area contributed by atoms with Crippen molar-refractivity contribution >= 4 is 28.3 Å². The van der Waals surface area contributed by atoms with Crippen LogP contribution in [-0.2, 0) is 0 Å². The molecule has 150 valence electrons. The van der Waals surface area contributed by atoms with Crippen molar-refractivity contribution in [2.75, 3.05) is 23.3 Å². The van der Waals surface area contributed by atoms with Gasteiger partial charge in [0.1, 0.15) is 17.9 Å². The van der Waals surface area contributed by atoms with E-state index in [0.717, 1.165) is 54.8 Å². The fourth-order valence-electron chi connectivity index (χ4n) is 3.31. The number of halogens is 3. The third-order valence-corrected chi connectivity index (χ3v) is 4.63. The maximum atomic E-state index is 12.5. The number of hydrogen-bond donors (Lipinski definition) is 1. The summed E-state index contributed by atoms with van der Waals surface area (Å²) in [5, 5.41) is 3.59. The molecule has 0 unspecified atom stereocenters. The minimum absolute atomic E-state index is 0.212. The van der Waals surface area contributed by atoms with E-state index in [9.17, 15) is 18.0 Å². The molecule has 2 heterocycles. The lowest BCUT2D eigenvalue weighted by atomic mass is 10.1. The van der Waals surface area contributed by atoms with Crippen molar-refractivity contribution < 1.29 is 22.7 Å². The zero-order valence-corrected chi connectivity index (χ0v) is 15.2. The molecule has 0 aliphatic carbocycles. The highest BCUT2D eigenvalue weighted by atomic mass is 19.4. The Hall–Kier alpha value is -3.36. The van der Waals surface area contributed by atoms with Gasteiger partial charge in [-0.1, -0.05) is 0 Å². The van der Waals surface area contributed by atoms with Crippen molar-refractivity contribution in [3.8, 4) is 5.75 Å². The van der Waals surface area contributed by atoms with Crippen LogP contribution in [0, 0.1) is 0 Å². The van der Waals surface area contributed by atoms with E-state index in [2.05, 4.69) is 24.9 Å². The molecule has 0 bridgehead atoms. The second-order valence-corrected chi connectivity index (χ2v) is 6.65. The van der Waals surface area contributed by atoms with Gasteiger partial charge in [0.2, 0.25) is 0 Å². The average Bonchev–Trinajstić information content (AvgIpc) is 3.21. The predicted molar refractivity (Wildman–Crippen MR) is 102 cm³/mol. The van der Waals surface area contributed by atoms with E-state index in [0.29, 0.717) is 5.69 Å². The molecule has 1 aromatic heterocycles. The number of anilines is 2. The van der Waals surface area contributed by atoms with Gasteiger partial charge in [-0.3, -0.25) is 4.79 Å². The second kappa shape index (κ2) is 7.57. The maximum Gasteiger partial charge on any atom is 0.573 e. The minimum Gasteiger partial charge on any atom is -0.406 e. The van der Waals surface area contributed by atoms with Crippen LogP contribution in [-0.4, -0.2) is 35.3 Å². The number of amides is 1. The second-order valence-electron chi connectivity index (χ2n) is 6.65. The summed E-state index contributed by atoms with van der Waals surface area (Å²) in [5.41, 5.74) is 1.53. The smallest absolute Gasteiger partial charge is 0.406 e. The molecular formula is C20H17F3N4O2. The lowest BCUT2D eigenvalue weighted by Gasteiger charge is -2.18. The van der Waals surface area contributed by atoms with Crippen molar-refractivity contribution in [2.24, 2.45) is 0 Å². The number of carbonyl (C=O) groups excluding carboxylic acids is 1. The molecule has 29 heavy (non-hydrogen) atoms. The topological polar surface area (TPSA) is 67.4 Å². The van der Waals surface area contributed by atoms with Gasteiger partial charge in [0.05, 0.1) is 5.52 Å². The van der Waals surface area contributed by atoms with Gasteiger partial charge in [-0.05, 0) is 55.3 Å². The summed E-state index contributed by atoms with van der Waals surface area (Å²) >= 11 is 0. The molecule has 0 radical (unpaired) electrons. The lowest BCUT2D eigenvalue weighted by molar-refractivity contribution is -0.274. The molecule has 0 atom stereocenters. The molecule has 1 saturated heterocycles. The van der Waals surface area contributed by atoms with Crippen LogP contribution in [0.25, 0.3) is 10.9 Å². The lowest BCUT2D eigenvalue weighted by Crippen LogP contribution is -2.19. The zero-order chi connectivity index (χ0) is 20.4. The summed E-state index contributed by atoms with van der Waals surface area (Å²) in [4.78, 5) is 23.3. The fraction of sp³-hybridized carbons (Fsp3) is 0.250. The van der Waals surface area contributed by atoms with Gasteiger partial charge in [-0.25, -0.2) is 9.97 Å². The van der Waals surface area contributed by atoms with Crippen LogP contribution in [0.2, 0.25) is 0 Å². The molecular weight excluding hydrogens is 385 g/mol. The zero-order valence-electron chi connectivity index (χ0n) is 15.2. The molecule has 2 aromatic carbocycles. The van der Waals surface area contributed by atoms with Crippen molar-refractivity contribution in [1.82, 2.24) is 9.97 Å². The summed E-state index contributed by atoms with van der Waals surface area (Å²) in [5.74, 6) is 0.00638. The van der Waals surface area contributed by atoms with E-state index in [1.807, 2.05) is 6.07 Å². The third-order valence-electron chi connectivity index (χ3n) is 4.63. The Kier molecular flexibility index (Phi) is 4.96. The number of benzene rings is 2. The van der Waals surface area contributed by atoms with Crippen molar-refractivity contribution in [1.29, 1.82) is 0 Å². The molecule has 6 nitrogen and oxygen atoms in total. The summed E-state index contributed by atoms with van der Waals surface area (Å²) < 4.78 is 40.5. The largest absolute Gasteiger partial charge is 0.573 e. The molecule has 3 aromatic rings. The number of aromatic nitrogens is 2. The Morgan fingerprint density at radius 1 is 1.03 bits per heavy atom. The Morgan fingerprint density at radius 2 is 1.76 bits per heavy atom. The Balaban J connectivity index is 1.54. The number of rotatable bonds is 4. The van der Waals surface area contributed by atoms with Crippen LogP contribution in [0.4, 0.5) is 24.7 Å². The molecule has 0 spiro atoms. The normalized spacial score (nSPS) is 14.2. The van der Waals surface area contributed by atoms with Crippen LogP contribution >= 0.6 is 0 Å². The first kappa shape index (κ1) is 19.0.